The predicted octanol–water partition coefficient (Wildman–Crippen LogP) is -0.467. The number of hydrogen-bond donors (Lipinski definition) is 2. The molecule has 0 spiro atoms. The van der Waals surface area contributed by atoms with Crippen LogP contribution in [0.4, 0.5) is 5.82 Å². The highest BCUT2D eigenvalue weighted by molar-refractivity contribution is 5.98. The number of nitrogens with zero attached hydrogens (tertiary/aromatic N) is 2. The Kier molecular flexibility index (Phi) is 1.12. The molecule has 0 radical (unpaired) electrons. The topological polar surface area (TPSA) is 59.0 Å². The van der Waals surface area contributed by atoms with E-state index in [1.165, 1.54) is 0 Å². The highest BCUT2D eigenvalue weighted by Crippen LogP contribution is 2.14. The van der Waals surface area contributed by atoms with Gasteiger partial charge < -0.3 is 15.2 Å². The average molecular weight is 152 g/mol. The third-order valence-corrected chi connectivity index (χ3v) is 1.66. The van der Waals surface area contributed by atoms with E-state index in [4.69, 9.17) is 0 Å². The molecule has 2 rings (SSSR count). The fraction of sp³-hybridized carbons (Fsp3) is 0.333. The number of carbonyl (C=O) groups is 1. The van der Waals surface area contributed by atoms with E-state index in [2.05, 4.69) is 15.6 Å². The van der Waals surface area contributed by atoms with Crippen molar-refractivity contribution >= 4 is 11.7 Å². The molecule has 0 atom stereocenters. The summed E-state index contributed by atoms with van der Waals surface area (Å²) in [6.07, 6.45) is 1.61. The van der Waals surface area contributed by atoms with E-state index in [1.807, 2.05) is 7.05 Å². The number of carbonyl (C=O) groups excluding carboxylic acids is 1. The first-order valence-corrected chi connectivity index (χ1v) is 3.32. The van der Waals surface area contributed by atoms with Crippen LogP contribution < -0.4 is 10.6 Å². The fourth-order valence-corrected chi connectivity index (χ4v) is 1.10. The van der Waals surface area contributed by atoms with Crippen molar-refractivity contribution < 1.29 is 4.79 Å². The number of anilines is 1. The second kappa shape index (κ2) is 1.98. The van der Waals surface area contributed by atoms with Crippen LogP contribution in [0.1, 0.15) is 10.5 Å². The van der Waals surface area contributed by atoms with Gasteiger partial charge in [-0.2, -0.15) is 0 Å². The van der Waals surface area contributed by atoms with Gasteiger partial charge in [0.25, 0.3) is 5.91 Å². The molecule has 0 bridgehead atoms. The van der Waals surface area contributed by atoms with Crippen molar-refractivity contribution in [2.45, 2.75) is 0 Å². The quantitative estimate of drug-likeness (QED) is 0.528. The lowest BCUT2D eigenvalue weighted by Gasteiger charge is -2.14. The molecule has 1 aromatic heterocycles. The van der Waals surface area contributed by atoms with Crippen molar-refractivity contribution in [2.75, 3.05) is 12.0 Å². The van der Waals surface area contributed by atoms with Gasteiger partial charge in [0.15, 0.2) is 5.69 Å². The van der Waals surface area contributed by atoms with Crippen LogP contribution in [0.25, 0.3) is 0 Å². The summed E-state index contributed by atoms with van der Waals surface area (Å²) in [5.41, 5.74) is 0.471. The summed E-state index contributed by atoms with van der Waals surface area (Å²) < 4.78 is 1.79. The number of rotatable bonds is 0. The Balaban J connectivity index is 2.55. The standard InChI is InChI=1S/C6H8N4O/c1-10-3-9-4-5(10)7-2-8-6(4)11/h3,7H,2H2,1H3,(H,8,11). The van der Waals surface area contributed by atoms with Gasteiger partial charge in [-0.15, -0.1) is 0 Å². The minimum atomic E-state index is -0.112. The Labute approximate surface area is 63.4 Å². The first-order chi connectivity index (χ1) is 5.29. The second-order valence-corrected chi connectivity index (χ2v) is 2.41. The molecule has 0 saturated carbocycles. The van der Waals surface area contributed by atoms with Crippen molar-refractivity contribution in [1.29, 1.82) is 0 Å². The summed E-state index contributed by atoms with van der Waals surface area (Å²) in [4.78, 5) is 15.0. The van der Waals surface area contributed by atoms with E-state index in [9.17, 15) is 4.79 Å². The fourth-order valence-electron chi connectivity index (χ4n) is 1.10. The van der Waals surface area contributed by atoms with Crippen LogP contribution >= 0.6 is 0 Å². The summed E-state index contributed by atoms with van der Waals surface area (Å²) in [5.74, 6) is 0.674. The van der Waals surface area contributed by atoms with Crippen molar-refractivity contribution in [3.63, 3.8) is 0 Å². The number of fused-ring (bicyclic) bond motifs is 1. The van der Waals surface area contributed by atoms with E-state index < -0.39 is 0 Å². The smallest absolute Gasteiger partial charge is 0.275 e. The minimum Gasteiger partial charge on any atom is -0.352 e. The van der Waals surface area contributed by atoms with Crippen LogP contribution in [0, 0.1) is 0 Å². The SMILES string of the molecule is Cn1cnc2c1NCNC2=O. The van der Waals surface area contributed by atoms with E-state index in [0.717, 1.165) is 5.82 Å². The summed E-state index contributed by atoms with van der Waals surface area (Å²) in [5, 5.41) is 5.64. The number of aryl methyl sites for hydroxylation is 1. The molecule has 2 N–H and O–H groups in total. The molecule has 1 amide bonds. The molecule has 0 aliphatic carbocycles. The molecule has 58 valence electrons. The van der Waals surface area contributed by atoms with E-state index in [1.54, 1.807) is 10.9 Å². The zero-order valence-corrected chi connectivity index (χ0v) is 6.09. The zero-order chi connectivity index (χ0) is 7.84. The predicted molar refractivity (Wildman–Crippen MR) is 39.2 cm³/mol. The number of nitrogens with one attached hydrogen (secondary N) is 2. The summed E-state index contributed by atoms with van der Waals surface area (Å²) in [7, 11) is 1.84. The van der Waals surface area contributed by atoms with Gasteiger partial charge in [-0.1, -0.05) is 0 Å². The maximum Gasteiger partial charge on any atom is 0.275 e. The van der Waals surface area contributed by atoms with E-state index in [0.29, 0.717) is 12.4 Å². The van der Waals surface area contributed by atoms with Gasteiger partial charge in [-0.25, -0.2) is 4.98 Å². The minimum absolute atomic E-state index is 0.112. The molecule has 1 aliphatic rings. The maximum absolute atomic E-state index is 11.1. The molecule has 0 fully saturated rings. The maximum atomic E-state index is 11.1. The lowest BCUT2D eigenvalue weighted by Crippen LogP contribution is -2.35. The lowest BCUT2D eigenvalue weighted by molar-refractivity contribution is 0.0948. The molecule has 11 heavy (non-hydrogen) atoms. The first-order valence-electron chi connectivity index (χ1n) is 3.32. The molecule has 5 heteroatoms. The van der Waals surface area contributed by atoms with Gasteiger partial charge in [0.2, 0.25) is 0 Å². The Morgan fingerprint density at radius 2 is 2.45 bits per heavy atom. The summed E-state index contributed by atoms with van der Waals surface area (Å²) in [6, 6.07) is 0. The Hall–Kier alpha value is -1.52. The molecule has 0 unspecified atom stereocenters. The zero-order valence-electron chi connectivity index (χ0n) is 6.09. The molecule has 0 saturated heterocycles. The molecule has 1 aromatic rings. The summed E-state index contributed by atoms with van der Waals surface area (Å²) in [6.45, 7) is 0.478. The lowest BCUT2D eigenvalue weighted by atomic mass is 10.3. The Morgan fingerprint density at radius 3 is 3.18 bits per heavy atom. The highest BCUT2D eigenvalue weighted by Gasteiger charge is 2.19. The average Bonchev–Trinajstić information content (AvgIpc) is 2.35. The highest BCUT2D eigenvalue weighted by atomic mass is 16.2. The summed E-state index contributed by atoms with van der Waals surface area (Å²) >= 11 is 0. The van der Waals surface area contributed by atoms with E-state index in [-0.39, 0.29) is 5.91 Å². The van der Waals surface area contributed by atoms with Crippen molar-refractivity contribution in [2.24, 2.45) is 7.05 Å². The molecule has 0 aromatic carbocycles. The molecular weight excluding hydrogens is 144 g/mol. The molecule has 2 heterocycles. The number of aromatic nitrogens is 2. The third kappa shape index (κ3) is 0.772. The van der Waals surface area contributed by atoms with Crippen LogP contribution in [-0.2, 0) is 7.05 Å². The Bertz CT molecular complexity index is 304. The van der Waals surface area contributed by atoms with Crippen LogP contribution in [0.5, 0.6) is 0 Å². The molecular formula is C6H8N4O. The van der Waals surface area contributed by atoms with Gasteiger partial charge in [-0.3, -0.25) is 4.79 Å². The Morgan fingerprint density at radius 1 is 1.64 bits per heavy atom. The monoisotopic (exact) mass is 152 g/mol. The van der Waals surface area contributed by atoms with Crippen molar-refractivity contribution in [1.82, 2.24) is 14.9 Å². The van der Waals surface area contributed by atoms with Crippen LogP contribution in [0.3, 0.4) is 0 Å². The largest absolute Gasteiger partial charge is 0.352 e. The van der Waals surface area contributed by atoms with Crippen molar-refractivity contribution in [3.8, 4) is 0 Å². The van der Waals surface area contributed by atoms with Gasteiger partial charge in [0.1, 0.15) is 5.82 Å². The number of hydrogen-bond acceptors (Lipinski definition) is 3. The molecule has 1 aliphatic heterocycles. The van der Waals surface area contributed by atoms with Gasteiger partial charge in [-0.05, 0) is 0 Å². The second-order valence-electron chi connectivity index (χ2n) is 2.41. The van der Waals surface area contributed by atoms with Gasteiger partial charge in [0, 0.05) is 7.05 Å². The van der Waals surface area contributed by atoms with Crippen LogP contribution in [0.15, 0.2) is 6.33 Å². The number of amides is 1. The van der Waals surface area contributed by atoms with E-state index >= 15 is 0 Å². The normalized spacial score (nSPS) is 15.2. The van der Waals surface area contributed by atoms with Crippen LogP contribution in [0.2, 0.25) is 0 Å². The van der Waals surface area contributed by atoms with Crippen LogP contribution in [-0.4, -0.2) is 22.1 Å². The molecule has 5 nitrogen and oxygen atoms in total. The number of imidazole rings is 1. The van der Waals surface area contributed by atoms with Gasteiger partial charge in [0.05, 0.1) is 13.0 Å². The third-order valence-electron chi connectivity index (χ3n) is 1.66. The van der Waals surface area contributed by atoms with Gasteiger partial charge >= 0.3 is 0 Å². The first kappa shape index (κ1) is 6.21. The van der Waals surface area contributed by atoms with Crippen molar-refractivity contribution in [3.05, 3.63) is 12.0 Å².